The minimum Gasteiger partial charge on any atom is -0.238 e. The van der Waals surface area contributed by atoms with Crippen LogP contribution in [0.2, 0.25) is 0 Å². The average Bonchev–Trinajstić information content (AvgIpc) is 3.01. The second kappa shape index (κ2) is 6.29. The first-order chi connectivity index (χ1) is 12.2. The van der Waals surface area contributed by atoms with E-state index in [1.165, 1.54) is 5.56 Å². The number of hydrogen-bond donors (Lipinski definition) is 1. The molecule has 1 aliphatic rings. The summed E-state index contributed by atoms with van der Waals surface area (Å²) < 4.78 is 1.92. The third kappa shape index (κ3) is 2.81. The van der Waals surface area contributed by atoms with Crippen LogP contribution in [0.15, 0.2) is 84.9 Å². The van der Waals surface area contributed by atoms with Gasteiger partial charge in [0, 0.05) is 5.56 Å². The highest BCUT2D eigenvalue weighted by Gasteiger charge is 2.36. The van der Waals surface area contributed by atoms with Gasteiger partial charge in [0.05, 0.1) is 5.56 Å². The van der Waals surface area contributed by atoms with Crippen molar-refractivity contribution in [3.8, 4) is 0 Å². The highest BCUT2D eigenvalue weighted by Crippen LogP contribution is 2.33. The van der Waals surface area contributed by atoms with Gasteiger partial charge >= 0.3 is 0 Å². The summed E-state index contributed by atoms with van der Waals surface area (Å²) in [4.78, 5) is 0. The van der Waals surface area contributed by atoms with E-state index in [1.54, 1.807) is 0 Å². The summed E-state index contributed by atoms with van der Waals surface area (Å²) in [6.07, 6.45) is 0. The molecule has 3 aromatic carbocycles. The number of aryl methyl sites for hydroxylation is 1. The second-order valence-electron chi connectivity index (χ2n) is 6.11. The summed E-state index contributed by atoms with van der Waals surface area (Å²) in [6.45, 7) is 6.38. The summed E-state index contributed by atoms with van der Waals surface area (Å²) in [7, 11) is 0. The highest BCUT2D eigenvalue weighted by molar-refractivity contribution is 5.89. The van der Waals surface area contributed by atoms with Gasteiger partial charge < -0.3 is 0 Å². The summed E-state index contributed by atoms with van der Waals surface area (Å²) in [6, 6.07) is 29.1. The van der Waals surface area contributed by atoms with Crippen molar-refractivity contribution < 1.29 is 4.68 Å². The molecule has 3 nitrogen and oxygen atoms in total. The molecule has 3 heteroatoms. The molecule has 0 aliphatic carbocycles. The van der Waals surface area contributed by atoms with E-state index in [2.05, 4.69) is 79.7 Å². The number of hydrazine groups is 2. The first kappa shape index (κ1) is 15.2. The third-order valence-electron chi connectivity index (χ3n) is 4.34. The summed E-state index contributed by atoms with van der Waals surface area (Å²) in [5, 5.41) is 1.98. The van der Waals surface area contributed by atoms with Crippen molar-refractivity contribution in [3.05, 3.63) is 102 Å². The quantitative estimate of drug-likeness (QED) is 0.716. The molecule has 0 atom stereocenters. The number of nitrogens with one attached hydrogen (secondary N) is 1. The van der Waals surface area contributed by atoms with Crippen LogP contribution in [0.5, 0.6) is 0 Å². The molecular formula is C22H20N3+. The summed E-state index contributed by atoms with van der Waals surface area (Å²) in [5.74, 6) is 0. The molecule has 0 amide bonds. The number of anilines is 1. The van der Waals surface area contributed by atoms with Crippen LogP contribution in [0.1, 0.15) is 16.7 Å². The van der Waals surface area contributed by atoms with Crippen molar-refractivity contribution in [2.75, 3.05) is 5.12 Å². The Bertz CT molecular complexity index is 926. The third-order valence-corrected chi connectivity index (χ3v) is 4.34. The van der Waals surface area contributed by atoms with Crippen LogP contribution in [0.25, 0.3) is 11.4 Å². The highest BCUT2D eigenvalue weighted by atomic mass is 15.8. The van der Waals surface area contributed by atoms with Crippen LogP contribution in [-0.2, 0) is 0 Å². The minimum atomic E-state index is 1.04. The monoisotopic (exact) mass is 326 g/mol. The van der Waals surface area contributed by atoms with Gasteiger partial charge in [-0.05, 0) is 31.2 Å². The number of hydrazone groups is 1. The van der Waals surface area contributed by atoms with Gasteiger partial charge in [0.25, 0.3) is 5.70 Å². The van der Waals surface area contributed by atoms with Gasteiger partial charge in [0.1, 0.15) is 11.4 Å². The summed E-state index contributed by atoms with van der Waals surface area (Å²) >= 11 is 0. The zero-order chi connectivity index (χ0) is 17.2. The molecule has 0 radical (unpaired) electrons. The molecule has 0 fully saturated rings. The van der Waals surface area contributed by atoms with E-state index < -0.39 is 0 Å². The van der Waals surface area contributed by atoms with Crippen LogP contribution < -0.4 is 10.5 Å². The van der Waals surface area contributed by atoms with Gasteiger partial charge in [0.15, 0.2) is 6.72 Å². The van der Waals surface area contributed by atoms with Crippen LogP contribution in [0.4, 0.5) is 5.69 Å². The van der Waals surface area contributed by atoms with Crippen molar-refractivity contribution in [1.29, 1.82) is 0 Å². The molecule has 25 heavy (non-hydrogen) atoms. The van der Waals surface area contributed by atoms with Gasteiger partial charge in [-0.15, -0.1) is 0 Å². The predicted octanol–water partition coefficient (Wildman–Crippen LogP) is 4.47. The van der Waals surface area contributed by atoms with Crippen molar-refractivity contribution >= 4 is 23.8 Å². The van der Waals surface area contributed by atoms with E-state index in [4.69, 9.17) is 0 Å². The van der Waals surface area contributed by atoms with Crippen molar-refractivity contribution in [3.63, 3.8) is 0 Å². The van der Waals surface area contributed by atoms with Crippen LogP contribution in [-0.4, -0.2) is 11.4 Å². The molecule has 0 saturated carbocycles. The smallest absolute Gasteiger partial charge is 0.238 e. The normalized spacial score (nSPS) is 14.0. The maximum atomic E-state index is 4.29. The molecule has 3 aromatic rings. The molecule has 1 heterocycles. The standard InChI is InChI=1S/C22H20N3/c1-17-13-15-20(16-14-17)25-23-21(18-9-5-3-6-10-18)22(24(25)2)19-11-7-4-8-12-19/h3-16,23H,2H2,1H3/q+1. The summed E-state index contributed by atoms with van der Waals surface area (Å²) in [5.41, 5.74) is 10.1. The lowest BCUT2D eigenvalue weighted by Gasteiger charge is -2.14. The molecule has 1 aliphatic heterocycles. The number of benzene rings is 3. The van der Waals surface area contributed by atoms with E-state index in [9.17, 15) is 0 Å². The van der Waals surface area contributed by atoms with Crippen LogP contribution in [0, 0.1) is 6.92 Å². The SMILES string of the molecule is C=[N+]1C(c2ccccc2)=C(c2ccccc2)NN1c1ccc(C)cc1. The van der Waals surface area contributed by atoms with Gasteiger partial charge in [-0.1, -0.05) is 76.0 Å². The molecule has 0 unspecified atom stereocenters. The zero-order valence-corrected chi connectivity index (χ0v) is 14.2. The second-order valence-corrected chi connectivity index (χ2v) is 6.11. The number of nitrogens with zero attached hydrogens (tertiary/aromatic N) is 2. The minimum absolute atomic E-state index is 1.04. The lowest BCUT2D eigenvalue weighted by Crippen LogP contribution is -2.37. The zero-order valence-electron chi connectivity index (χ0n) is 14.2. The molecular weight excluding hydrogens is 306 g/mol. The fourth-order valence-corrected chi connectivity index (χ4v) is 3.03. The van der Waals surface area contributed by atoms with Crippen molar-refractivity contribution in [2.24, 2.45) is 0 Å². The Labute approximate surface area is 148 Å². The Morgan fingerprint density at radius 2 is 1.32 bits per heavy atom. The molecule has 122 valence electrons. The van der Waals surface area contributed by atoms with Crippen molar-refractivity contribution in [2.45, 2.75) is 6.92 Å². The largest absolute Gasteiger partial charge is 0.269 e. The van der Waals surface area contributed by atoms with Gasteiger partial charge in [-0.2, -0.15) is 0 Å². The van der Waals surface area contributed by atoms with Gasteiger partial charge in [-0.3, -0.25) is 0 Å². The lowest BCUT2D eigenvalue weighted by atomic mass is 10.1. The Balaban J connectivity index is 1.82. The molecule has 0 saturated heterocycles. The molecule has 0 spiro atoms. The number of rotatable bonds is 3. The maximum Gasteiger partial charge on any atom is 0.269 e. The first-order valence-electron chi connectivity index (χ1n) is 8.33. The average molecular weight is 326 g/mol. The van der Waals surface area contributed by atoms with Gasteiger partial charge in [0.2, 0.25) is 0 Å². The van der Waals surface area contributed by atoms with E-state index in [0.29, 0.717) is 0 Å². The lowest BCUT2D eigenvalue weighted by molar-refractivity contribution is -0.435. The van der Waals surface area contributed by atoms with Crippen molar-refractivity contribution in [1.82, 2.24) is 5.43 Å². The Kier molecular flexibility index (Phi) is 3.82. The van der Waals surface area contributed by atoms with Crippen LogP contribution in [0.3, 0.4) is 0 Å². The van der Waals surface area contributed by atoms with E-state index in [-0.39, 0.29) is 0 Å². The van der Waals surface area contributed by atoms with E-state index in [0.717, 1.165) is 28.2 Å². The van der Waals surface area contributed by atoms with Gasteiger partial charge in [-0.25, -0.2) is 5.43 Å². The maximum absolute atomic E-state index is 4.29. The fraction of sp³-hybridized carbons (Fsp3) is 0.0455. The molecule has 4 rings (SSSR count). The topological polar surface area (TPSA) is 18.3 Å². The Morgan fingerprint density at radius 1 is 0.760 bits per heavy atom. The Hall–Kier alpha value is -3.33. The molecule has 0 aromatic heterocycles. The first-order valence-corrected chi connectivity index (χ1v) is 8.33. The molecule has 1 N–H and O–H groups in total. The molecule has 0 bridgehead atoms. The van der Waals surface area contributed by atoms with E-state index in [1.807, 2.05) is 34.1 Å². The van der Waals surface area contributed by atoms with E-state index >= 15 is 0 Å². The Morgan fingerprint density at radius 3 is 1.92 bits per heavy atom. The van der Waals surface area contributed by atoms with Crippen LogP contribution >= 0.6 is 0 Å². The predicted molar refractivity (Wildman–Crippen MR) is 104 cm³/mol. The fourth-order valence-electron chi connectivity index (χ4n) is 3.03. The number of hydrogen-bond acceptors (Lipinski definition) is 2.